The number of aromatic nitrogens is 4. The zero-order valence-corrected chi connectivity index (χ0v) is 25.0. The minimum atomic E-state index is -4.85. The van der Waals surface area contributed by atoms with E-state index in [4.69, 9.17) is 17.1 Å². The summed E-state index contributed by atoms with van der Waals surface area (Å²) in [5.74, 6) is -2.06. The summed E-state index contributed by atoms with van der Waals surface area (Å²) in [4.78, 5) is 8.34. The van der Waals surface area contributed by atoms with Crippen LogP contribution in [0.1, 0.15) is 30.8 Å². The molecule has 0 atom stereocenters. The number of benzene rings is 3. The van der Waals surface area contributed by atoms with Gasteiger partial charge in [-0.15, -0.1) is 64.3 Å². The van der Waals surface area contributed by atoms with E-state index in [1.807, 2.05) is 24.3 Å². The van der Waals surface area contributed by atoms with Crippen molar-refractivity contribution < 1.29 is 50.3 Å². The third-order valence-corrected chi connectivity index (χ3v) is 6.37. The summed E-state index contributed by atoms with van der Waals surface area (Å²) in [6.07, 6.45) is -2.23. The zero-order chi connectivity index (χ0) is 35.8. The van der Waals surface area contributed by atoms with Gasteiger partial charge in [-0.05, 0) is 42.3 Å². The van der Waals surface area contributed by atoms with E-state index in [0.717, 1.165) is 11.3 Å². The number of hydrogen-bond acceptors (Lipinski definition) is 7. The van der Waals surface area contributed by atoms with Crippen molar-refractivity contribution in [2.24, 2.45) is 0 Å². The molecule has 7 nitrogen and oxygen atoms in total. The van der Waals surface area contributed by atoms with Gasteiger partial charge in [0.25, 0.3) is 5.89 Å². The molecule has 4 heterocycles. The summed E-state index contributed by atoms with van der Waals surface area (Å²) >= 11 is 0. The maximum atomic E-state index is 13.0. The van der Waals surface area contributed by atoms with E-state index in [9.17, 15) is 18.4 Å². The summed E-state index contributed by atoms with van der Waals surface area (Å²) in [6.45, 7) is -4.41. The Labute approximate surface area is 277 Å². The quantitative estimate of drug-likeness (QED) is 0.166. The van der Waals surface area contributed by atoms with Gasteiger partial charge in [-0.1, -0.05) is 41.3 Å². The Bertz CT molecular complexity index is 2350. The number of nitrogens with zero attached hydrogens (tertiary/aromatic N) is 5. The molecule has 3 aromatic carbocycles. The van der Waals surface area contributed by atoms with E-state index in [2.05, 4.69) is 32.3 Å². The smallest absolute Gasteiger partial charge is 0.470 e. The van der Waals surface area contributed by atoms with Crippen LogP contribution in [-0.2, 0) is 26.3 Å². The maximum Gasteiger partial charge on any atom is 0.470 e. The molecule has 7 rings (SSSR count). The van der Waals surface area contributed by atoms with Crippen LogP contribution in [0, 0.1) is 37.2 Å². The van der Waals surface area contributed by atoms with Gasteiger partial charge in [0, 0.05) is 46.1 Å². The number of furan rings is 1. The molecule has 0 unspecified atom stereocenters. The molecule has 11 heteroatoms. The molecule has 1 radical (unpaired) electrons. The minimum absolute atomic E-state index is 0. The second-order valence-electron chi connectivity index (χ2n) is 9.22. The summed E-state index contributed by atoms with van der Waals surface area (Å²) in [5.41, 5.74) is 2.95. The Balaban J connectivity index is 0.000000249. The van der Waals surface area contributed by atoms with Crippen molar-refractivity contribution in [1.82, 2.24) is 20.2 Å². The number of hydrogen-bond donors (Lipinski definition) is 0. The molecular weight excluding hydrogens is 760 g/mol. The van der Waals surface area contributed by atoms with Crippen LogP contribution in [0.3, 0.4) is 0 Å². The van der Waals surface area contributed by atoms with Gasteiger partial charge in [0.15, 0.2) is 0 Å². The largest absolute Gasteiger partial charge is 0.500 e. The molecule has 0 aliphatic rings. The van der Waals surface area contributed by atoms with Gasteiger partial charge < -0.3 is 18.8 Å². The number of nitriles is 1. The van der Waals surface area contributed by atoms with E-state index in [-0.39, 0.29) is 47.9 Å². The first kappa shape index (κ1) is 24.2. The fraction of sp³-hybridized carbons (Fsp3) is 0.0882. The first-order valence-electron chi connectivity index (χ1n) is 15.8. The van der Waals surface area contributed by atoms with E-state index in [1.165, 1.54) is 30.6 Å². The number of halogens is 3. The van der Waals surface area contributed by atoms with Crippen molar-refractivity contribution in [1.29, 1.82) is 5.26 Å². The topological polar surface area (TPSA) is 102 Å². The number of pyridine rings is 2. The molecular formula is C34H20F3IrN5O2-2. The Kier molecular flexibility index (Phi) is 6.89. The molecule has 0 saturated carbocycles. The third-order valence-electron chi connectivity index (χ3n) is 6.37. The van der Waals surface area contributed by atoms with Crippen molar-refractivity contribution in [3.05, 3.63) is 120 Å². The SMILES string of the molecule is [2H]C([2H])([2H])c1ccc(-c2[c-]ccc3c2oc2c(-c4nnc(C(F)(F)F)o4)c(C#N)ccc23)nc1.[2H]C([2H])([2H])c1ccc(-c2[c-]cccc2)nc1.[Ir]. The molecule has 0 aliphatic carbocycles. The molecule has 0 bridgehead atoms. The van der Waals surface area contributed by atoms with Crippen LogP contribution in [-0.4, -0.2) is 20.2 Å². The Hall–Kier alpha value is -5.17. The van der Waals surface area contributed by atoms with Crippen LogP contribution in [0.5, 0.6) is 0 Å². The van der Waals surface area contributed by atoms with Gasteiger partial charge in [-0.2, -0.15) is 18.4 Å². The van der Waals surface area contributed by atoms with Crippen LogP contribution in [0.4, 0.5) is 13.2 Å². The van der Waals surface area contributed by atoms with Crippen LogP contribution in [0.15, 0.2) is 94.0 Å². The summed E-state index contributed by atoms with van der Waals surface area (Å²) in [5, 5.41) is 17.1. The Morgan fingerprint density at radius 1 is 0.800 bits per heavy atom. The average molecular weight is 786 g/mol. The number of rotatable bonds is 3. The molecule has 4 aromatic heterocycles. The fourth-order valence-electron chi connectivity index (χ4n) is 4.39. The van der Waals surface area contributed by atoms with Gasteiger partial charge >= 0.3 is 12.1 Å². The molecule has 0 spiro atoms. The van der Waals surface area contributed by atoms with Crippen molar-refractivity contribution in [3.63, 3.8) is 0 Å². The predicted molar refractivity (Wildman–Crippen MR) is 157 cm³/mol. The van der Waals surface area contributed by atoms with E-state index in [1.54, 1.807) is 36.4 Å². The first-order chi connectivity index (χ1) is 23.6. The summed E-state index contributed by atoms with van der Waals surface area (Å²) < 4.78 is 94.0. The maximum absolute atomic E-state index is 13.0. The van der Waals surface area contributed by atoms with E-state index < -0.39 is 31.7 Å². The van der Waals surface area contributed by atoms with Crippen molar-refractivity contribution >= 4 is 21.9 Å². The standard InChI is InChI=1S/C22H10F3N4O2.C12H10N.Ir/c1-11-5-8-16(27-10-11)15-4-2-3-13-14-7-6-12(9-26)17(19(14)30-18(13)15)20-28-29-21(31-20)22(23,24)25;1-10-7-8-12(13-9-10)11-5-3-2-4-6-11;/h2-3,5-8,10H,1H3;2-5,7-9H,1H3;/q2*-1;/i2*1D3;. The van der Waals surface area contributed by atoms with Crippen LogP contribution in [0.25, 0.3) is 55.9 Å². The molecule has 0 fully saturated rings. The van der Waals surface area contributed by atoms with Gasteiger partial charge in [-0.25, -0.2) is 0 Å². The summed E-state index contributed by atoms with van der Waals surface area (Å²) in [7, 11) is 0. The fourth-order valence-corrected chi connectivity index (χ4v) is 4.39. The molecule has 0 aliphatic heterocycles. The Morgan fingerprint density at radius 3 is 2.13 bits per heavy atom. The van der Waals surface area contributed by atoms with Crippen molar-refractivity contribution in [3.8, 4) is 40.0 Å². The molecule has 0 amide bonds. The molecule has 0 saturated heterocycles. The van der Waals surface area contributed by atoms with Crippen LogP contribution >= 0.6 is 0 Å². The van der Waals surface area contributed by atoms with Gasteiger partial charge in [-0.3, -0.25) is 0 Å². The minimum Gasteiger partial charge on any atom is -0.500 e. The monoisotopic (exact) mass is 786 g/mol. The second-order valence-corrected chi connectivity index (χ2v) is 9.22. The van der Waals surface area contributed by atoms with Gasteiger partial charge in [0.05, 0.1) is 16.7 Å². The Morgan fingerprint density at radius 2 is 1.53 bits per heavy atom. The predicted octanol–water partition coefficient (Wildman–Crippen LogP) is 8.55. The molecule has 0 N–H and O–H groups in total. The third kappa shape index (κ3) is 6.38. The van der Waals surface area contributed by atoms with E-state index >= 15 is 0 Å². The number of alkyl halides is 3. The van der Waals surface area contributed by atoms with Crippen LogP contribution < -0.4 is 0 Å². The second kappa shape index (κ2) is 12.8. The zero-order valence-electron chi connectivity index (χ0n) is 28.6. The van der Waals surface area contributed by atoms with Gasteiger partial charge in [0.1, 0.15) is 11.7 Å². The van der Waals surface area contributed by atoms with E-state index in [0.29, 0.717) is 27.6 Å². The normalized spacial score (nSPS) is 13.6. The summed E-state index contributed by atoms with van der Waals surface area (Å²) in [6, 6.07) is 27.9. The molecule has 7 aromatic rings. The van der Waals surface area contributed by atoms with Gasteiger partial charge in [0.2, 0.25) is 0 Å². The average Bonchev–Trinajstić information content (AvgIpc) is 3.74. The number of aryl methyl sites for hydroxylation is 2. The first-order valence-corrected chi connectivity index (χ1v) is 12.8. The number of fused-ring (bicyclic) bond motifs is 3. The molecule has 225 valence electrons. The van der Waals surface area contributed by atoms with Crippen molar-refractivity contribution in [2.75, 3.05) is 0 Å². The van der Waals surface area contributed by atoms with Crippen LogP contribution in [0.2, 0.25) is 0 Å². The molecule has 45 heavy (non-hydrogen) atoms. The van der Waals surface area contributed by atoms with Crippen molar-refractivity contribution in [2.45, 2.75) is 19.9 Å².